The lowest BCUT2D eigenvalue weighted by atomic mass is 9.99. The highest BCUT2D eigenvalue weighted by atomic mass is 16.5. The number of carbonyl (C=O) groups excluding carboxylic acids is 2. The molecule has 1 aliphatic carbocycles. The number of fused-ring (bicyclic) bond motifs is 1. The molecule has 8 heteroatoms. The normalized spacial score (nSPS) is 22.1. The molecule has 28 heavy (non-hydrogen) atoms. The van der Waals surface area contributed by atoms with Gasteiger partial charge >= 0.3 is 0 Å². The zero-order valence-electron chi connectivity index (χ0n) is 16.4. The van der Waals surface area contributed by atoms with Crippen LogP contribution in [0.4, 0.5) is 0 Å². The number of amides is 2. The van der Waals surface area contributed by atoms with Crippen molar-refractivity contribution in [2.75, 3.05) is 26.8 Å². The SMILES string of the molecule is COCCC(=O)N1CCCC[C@H]1c1nc2c(c(=O)[nH]1)CN(C(=O)C1CC1)CC2. The second-order valence-corrected chi connectivity index (χ2v) is 8.00. The third-order valence-corrected chi connectivity index (χ3v) is 5.98. The number of methoxy groups -OCH3 is 1. The first-order valence-electron chi connectivity index (χ1n) is 10.3. The van der Waals surface area contributed by atoms with E-state index in [1.807, 2.05) is 4.90 Å². The van der Waals surface area contributed by atoms with Gasteiger partial charge < -0.3 is 19.5 Å². The molecule has 2 amide bonds. The molecule has 2 fully saturated rings. The van der Waals surface area contributed by atoms with Crippen LogP contribution in [0.5, 0.6) is 0 Å². The number of piperidine rings is 1. The first-order valence-corrected chi connectivity index (χ1v) is 10.3. The Hall–Kier alpha value is -2.22. The summed E-state index contributed by atoms with van der Waals surface area (Å²) in [7, 11) is 1.58. The van der Waals surface area contributed by atoms with E-state index in [4.69, 9.17) is 9.72 Å². The monoisotopic (exact) mass is 388 g/mol. The lowest BCUT2D eigenvalue weighted by Gasteiger charge is -2.36. The predicted octanol–water partition coefficient (Wildman–Crippen LogP) is 1.15. The number of carbonyl (C=O) groups is 2. The topological polar surface area (TPSA) is 95.6 Å². The minimum absolute atomic E-state index is 0.0353. The van der Waals surface area contributed by atoms with Crippen LogP contribution >= 0.6 is 0 Å². The molecule has 3 aliphatic rings. The van der Waals surface area contributed by atoms with E-state index in [0.717, 1.165) is 37.8 Å². The van der Waals surface area contributed by atoms with Crippen molar-refractivity contribution in [2.45, 2.75) is 57.5 Å². The van der Waals surface area contributed by atoms with Gasteiger partial charge in [0.05, 0.1) is 36.9 Å². The number of ether oxygens (including phenoxy) is 1. The Bertz CT molecular complexity index is 817. The Kier molecular flexibility index (Phi) is 5.48. The third-order valence-electron chi connectivity index (χ3n) is 5.98. The molecule has 0 aromatic carbocycles. The molecule has 1 aromatic heterocycles. The molecule has 3 heterocycles. The van der Waals surface area contributed by atoms with Crippen LogP contribution in [0.2, 0.25) is 0 Å². The quantitative estimate of drug-likeness (QED) is 0.817. The van der Waals surface area contributed by atoms with Gasteiger partial charge in [0.1, 0.15) is 5.82 Å². The Balaban J connectivity index is 1.55. The fourth-order valence-corrected chi connectivity index (χ4v) is 4.23. The lowest BCUT2D eigenvalue weighted by molar-refractivity contribution is -0.136. The van der Waals surface area contributed by atoms with Crippen LogP contribution in [-0.4, -0.2) is 58.4 Å². The molecule has 0 bridgehead atoms. The van der Waals surface area contributed by atoms with Gasteiger partial charge in [-0.05, 0) is 32.1 Å². The summed E-state index contributed by atoms with van der Waals surface area (Å²) in [5.74, 6) is 0.933. The molecule has 1 atom stereocenters. The molecule has 1 saturated heterocycles. The van der Waals surface area contributed by atoms with Crippen LogP contribution in [0, 0.1) is 5.92 Å². The number of hydrogen-bond donors (Lipinski definition) is 1. The molecule has 8 nitrogen and oxygen atoms in total. The van der Waals surface area contributed by atoms with Gasteiger partial charge in [-0.2, -0.15) is 0 Å². The maximum Gasteiger partial charge on any atom is 0.256 e. The van der Waals surface area contributed by atoms with Gasteiger partial charge in [0.2, 0.25) is 11.8 Å². The van der Waals surface area contributed by atoms with Crippen molar-refractivity contribution in [3.05, 3.63) is 27.4 Å². The van der Waals surface area contributed by atoms with Gasteiger partial charge in [-0.1, -0.05) is 0 Å². The van der Waals surface area contributed by atoms with Crippen molar-refractivity contribution < 1.29 is 14.3 Å². The van der Waals surface area contributed by atoms with Gasteiger partial charge in [0, 0.05) is 32.5 Å². The average molecular weight is 388 g/mol. The molecule has 1 N–H and O–H groups in total. The van der Waals surface area contributed by atoms with E-state index in [-0.39, 0.29) is 29.3 Å². The Morgan fingerprint density at radius 3 is 2.79 bits per heavy atom. The van der Waals surface area contributed by atoms with Crippen molar-refractivity contribution in [2.24, 2.45) is 5.92 Å². The molecule has 1 saturated carbocycles. The van der Waals surface area contributed by atoms with Gasteiger partial charge in [0.15, 0.2) is 0 Å². The van der Waals surface area contributed by atoms with Crippen molar-refractivity contribution in [1.82, 2.24) is 19.8 Å². The largest absolute Gasteiger partial charge is 0.384 e. The van der Waals surface area contributed by atoms with E-state index in [9.17, 15) is 14.4 Å². The van der Waals surface area contributed by atoms with Gasteiger partial charge in [-0.3, -0.25) is 14.4 Å². The van der Waals surface area contributed by atoms with Crippen molar-refractivity contribution in [1.29, 1.82) is 0 Å². The zero-order chi connectivity index (χ0) is 19.7. The molecule has 1 aromatic rings. The Labute approximate surface area is 164 Å². The zero-order valence-corrected chi connectivity index (χ0v) is 16.4. The van der Waals surface area contributed by atoms with E-state index < -0.39 is 0 Å². The summed E-state index contributed by atoms with van der Waals surface area (Å²) in [5.41, 5.74) is 1.19. The summed E-state index contributed by atoms with van der Waals surface area (Å²) in [6.07, 6.45) is 5.61. The highest BCUT2D eigenvalue weighted by Gasteiger charge is 2.36. The van der Waals surface area contributed by atoms with Crippen LogP contribution in [-0.2, 0) is 27.3 Å². The standard InChI is InChI=1S/C20H28N4O4/c1-28-11-8-17(25)24-9-3-2-4-16(24)18-21-15-7-10-23(20(27)13-5-6-13)12-14(15)19(26)22-18/h13,16H,2-12H2,1H3,(H,21,22,26)/t16-/m0/s1. The van der Waals surface area contributed by atoms with E-state index in [1.165, 1.54) is 0 Å². The van der Waals surface area contributed by atoms with E-state index in [2.05, 4.69) is 4.98 Å². The highest BCUT2D eigenvalue weighted by molar-refractivity contribution is 5.81. The predicted molar refractivity (Wildman–Crippen MR) is 102 cm³/mol. The van der Waals surface area contributed by atoms with E-state index >= 15 is 0 Å². The summed E-state index contributed by atoms with van der Waals surface area (Å²) < 4.78 is 5.04. The second kappa shape index (κ2) is 8.03. The third kappa shape index (κ3) is 3.83. The molecule has 4 rings (SSSR count). The number of H-pyrrole nitrogens is 1. The van der Waals surface area contributed by atoms with Crippen molar-refractivity contribution >= 4 is 11.8 Å². The molecule has 2 aliphatic heterocycles. The number of hydrogen-bond acceptors (Lipinski definition) is 5. The molecule has 0 spiro atoms. The number of nitrogens with one attached hydrogen (secondary N) is 1. The van der Waals surface area contributed by atoms with E-state index in [0.29, 0.717) is 50.5 Å². The molecule has 0 unspecified atom stereocenters. The number of nitrogens with zero attached hydrogens (tertiary/aromatic N) is 3. The number of aromatic amines is 1. The fourth-order valence-electron chi connectivity index (χ4n) is 4.23. The Morgan fingerprint density at radius 1 is 1.21 bits per heavy atom. The van der Waals surface area contributed by atoms with Crippen LogP contribution in [0.1, 0.15) is 61.6 Å². The fraction of sp³-hybridized carbons (Fsp3) is 0.700. The minimum Gasteiger partial charge on any atom is -0.384 e. The molecular weight excluding hydrogens is 360 g/mol. The first kappa shape index (κ1) is 19.1. The number of aromatic nitrogens is 2. The molecule has 152 valence electrons. The summed E-state index contributed by atoms with van der Waals surface area (Å²) in [6.45, 7) is 2.02. The lowest BCUT2D eigenvalue weighted by Crippen LogP contribution is -2.43. The highest BCUT2D eigenvalue weighted by Crippen LogP contribution is 2.33. The summed E-state index contributed by atoms with van der Waals surface area (Å²) in [5, 5.41) is 0. The summed E-state index contributed by atoms with van der Waals surface area (Å²) >= 11 is 0. The van der Waals surface area contributed by atoms with Crippen LogP contribution in [0.15, 0.2) is 4.79 Å². The minimum atomic E-state index is -0.192. The molecular formula is C20H28N4O4. The van der Waals surface area contributed by atoms with E-state index in [1.54, 1.807) is 12.0 Å². The van der Waals surface area contributed by atoms with Gasteiger partial charge in [-0.15, -0.1) is 0 Å². The number of rotatable bonds is 5. The van der Waals surface area contributed by atoms with Crippen LogP contribution in [0.3, 0.4) is 0 Å². The second-order valence-electron chi connectivity index (χ2n) is 8.00. The first-order chi connectivity index (χ1) is 13.6. The summed E-state index contributed by atoms with van der Waals surface area (Å²) in [6, 6.07) is -0.192. The van der Waals surface area contributed by atoms with Gasteiger partial charge in [0.25, 0.3) is 5.56 Å². The summed E-state index contributed by atoms with van der Waals surface area (Å²) in [4.78, 5) is 49.0. The Morgan fingerprint density at radius 2 is 2.04 bits per heavy atom. The average Bonchev–Trinajstić information content (AvgIpc) is 3.56. The molecule has 0 radical (unpaired) electrons. The smallest absolute Gasteiger partial charge is 0.256 e. The van der Waals surface area contributed by atoms with Gasteiger partial charge in [-0.25, -0.2) is 4.98 Å². The number of likely N-dealkylation sites (tertiary alicyclic amines) is 1. The maximum absolute atomic E-state index is 12.8. The van der Waals surface area contributed by atoms with Crippen molar-refractivity contribution in [3.63, 3.8) is 0 Å². The maximum atomic E-state index is 12.8. The van der Waals surface area contributed by atoms with Crippen LogP contribution < -0.4 is 5.56 Å². The van der Waals surface area contributed by atoms with Crippen LogP contribution in [0.25, 0.3) is 0 Å². The van der Waals surface area contributed by atoms with Crippen molar-refractivity contribution in [3.8, 4) is 0 Å².